The molecule has 2 aromatic carbocycles. The number of nitrogens with one attached hydrogen (secondary N) is 1. The van der Waals surface area contributed by atoms with Crippen molar-refractivity contribution in [2.24, 2.45) is 12.1 Å². The molecule has 3 aromatic rings. The van der Waals surface area contributed by atoms with Gasteiger partial charge in [-0.1, -0.05) is 54.6 Å². The van der Waals surface area contributed by atoms with Gasteiger partial charge < -0.3 is 0 Å². The summed E-state index contributed by atoms with van der Waals surface area (Å²) in [6.45, 7) is 0. The third-order valence-electron chi connectivity index (χ3n) is 3.59. The van der Waals surface area contributed by atoms with E-state index in [1.54, 1.807) is 30.3 Å². The summed E-state index contributed by atoms with van der Waals surface area (Å²) in [5, 5.41) is 8.87. The minimum atomic E-state index is -0.476. The van der Waals surface area contributed by atoms with Crippen molar-refractivity contribution < 1.29 is 4.79 Å². The lowest BCUT2D eigenvalue weighted by Gasteiger charge is -2.06. The molecule has 0 unspecified atom stereocenters. The number of benzene rings is 2. The van der Waals surface area contributed by atoms with Crippen LogP contribution in [0.3, 0.4) is 0 Å². The fourth-order valence-electron chi connectivity index (χ4n) is 2.38. The summed E-state index contributed by atoms with van der Waals surface area (Å²) in [5.41, 5.74) is 3.36. The Morgan fingerprint density at radius 3 is 2.52 bits per heavy atom. The van der Waals surface area contributed by atoms with Gasteiger partial charge in [0.15, 0.2) is 5.69 Å². The molecule has 1 amide bonds. The Balaban J connectivity index is 1.77. The molecule has 0 aliphatic heterocycles. The molecule has 0 saturated heterocycles. The molecular formula is C19H16N4O2. The van der Waals surface area contributed by atoms with Crippen LogP contribution in [0, 0.1) is 0 Å². The molecule has 0 aliphatic carbocycles. The molecule has 3 rings (SSSR count). The number of carbonyl (C=O) groups is 1. The summed E-state index contributed by atoms with van der Waals surface area (Å²) in [4.78, 5) is 24.4. The second-order valence-electron chi connectivity index (χ2n) is 5.31. The molecule has 0 spiro atoms. The van der Waals surface area contributed by atoms with Crippen LogP contribution in [-0.4, -0.2) is 21.9 Å². The van der Waals surface area contributed by atoms with Crippen molar-refractivity contribution in [2.45, 2.75) is 0 Å². The first kappa shape index (κ1) is 16.3. The molecule has 0 saturated carbocycles. The van der Waals surface area contributed by atoms with Gasteiger partial charge in [-0.25, -0.2) is 10.1 Å². The molecular weight excluding hydrogens is 316 g/mol. The van der Waals surface area contributed by atoms with Crippen molar-refractivity contribution in [3.05, 3.63) is 82.3 Å². The molecule has 0 bridgehead atoms. The van der Waals surface area contributed by atoms with Crippen LogP contribution in [0.4, 0.5) is 0 Å². The minimum Gasteiger partial charge on any atom is -0.267 e. The highest BCUT2D eigenvalue weighted by Gasteiger charge is 2.14. The molecule has 1 heterocycles. The maximum absolute atomic E-state index is 12.3. The number of aryl methyl sites for hydroxylation is 1. The minimum absolute atomic E-state index is 0.155. The lowest BCUT2D eigenvalue weighted by molar-refractivity contribution is 0.0950. The van der Waals surface area contributed by atoms with Gasteiger partial charge in [-0.05, 0) is 17.7 Å². The van der Waals surface area contributed by atoms with Crippen molar-refractivity contribution in [3.8, 4) is 0 Å². The zero-order valence-corrected chi connectivity index (χ0v) is 13.6. The van der Waals surface area contributed by atoms with E-state index in [-0.39, 0.29) is 11.3 Å². The van der Waals surface area contributed by atoms with E-state index in [1.165, 1.54) is 13.3 Å². The zero-order valence-electron chi connectivity index (χ0n) is 13.6. The van der Waals surface area contributed by atoms with Crippen LogP contribution < -0.4 is 11.0 Å². The Hall–Kier alpha value is -3.54. The van der Waals surface area contributed by atoms with Gasteiger partial charge in [0.25, 0.3) is 11.5 Å². The molecule has 124 valence electrons. The van der Waals surface area contributed by atoms with E-state index >= 15 is 0 Å². The van der Waals surface area contributed by atoms with Crippen LogP contribution in [0.5, 0.6) is 0 Å². The lowest BCUT2D eigenvalue weighted by Crippen LogP contribution is -2.27. The van der Waals surface area contributed by atoms with Crippen molar-refractivity contribution in [2.75, 3.05) is 0 Å². The lowest BCUT2D eigenvalue weighted by atomic mass is 10.1. The monoisotopic (exact) mass is 332 g/mol. The highest BCUT2D eigenvalue weighted by atomic mass is 16.2. The van der Waals surface area contributed by atoms with E-state index in [9.17, 15) is 9.59 Å². The fourth-order valence-corrected chi connectivity index (χ4v) is 2.38. The number of amides is 1. The third-order valence-corrected chi connectivity index (χ3v) is 3.59. The van der Waals surface area contributed by atoms with E-state index in [0.717, 1.165) is 10.2 Å². The van der Waals surface area contributed by atoms with Crippen molar-refractivity contribution >= 4 is 29.0 Å². The Morgan fingerprint density at radius 1 is 1.08 bits per heavy atom. The number of aromatic nitrogens is 2. The number of rotatable bonds is 4. The zero-order chi connectivity index (χ0) is 17.6. The quantitative estimate of drug-likeness (QED) is 0.588. The Kier molecular flexibility index (Phi) is 4.80. The molecule has 0 fully saturated rings. The molecule has 0 atom stereocenters. The number of hydrogen-bond acceptors (Lipinski definition) is 4. The highest BCUT2D eigenvalue weighted by molar-refractivity contribution is 6.04. The van der Waals surface area contributed by atoms with E-state index in [1.807, 2.05) is 36.4 Å². The Bertz CT molecular complexity index is 1020. The van der Waals surface area contributed by atoms with E-state index in [4.69, 9.17) is 0 Å². The van der Waals surface area contributed by atoms with Crippen LogP contribution in [0.2, 0.25) is 0 Å². The molecule has 6 heteroatoms. The number of fused-ring (bicyclic) bond motifs is 1. The Labute approximate surface area is 144 Å². The molecule has 1 aromatic heterocycles. The van der Waals surface area contributed by atoms with Gasteiger partial charge in [0.05, 0.1) is 5.39 Å². The number of nitrogens with zero attached hydrogens (tertiary/aromatic N) is 3. The normalized spacial score (nSPS) is 11.4. The first-order chi connectivity index (χ1) is 12.2. The van der Waals surface area contributed by atoms with Gasteiger partial charge in [-0.3, -0.25) is 9.59 Å². The van der Waals surface area contributed by atoms with Crippen LogP contribution >= 0.6 is 0 Å². The van der Waals surface area contributed by atoms with Gasteiger partial charge in [-0.15, -0.1) is 0 Å². The first-order valence-electron chi connectivity index (χ1n) is 7.68. The van der Waals surface area contributed by atoms with Crippen molar-refractivity contribution in [3.63, 3.8) is 0 Å². The number of hydrazone groups is 1. The maximum atomic E-state index is 12.3. The average molecular weight is 332 g/mol. The second-order valence-corrected chi connectivity index (χ2v) is 5.31. The SMILES string of the molecule is Cn1nc(C(=O)N/N=C/C=C/c2ccccc2)c2ccccc2c1=O. The van der Waals surface area contributed by atoms with Crippen molar-refractivity contribution in [1.82, 2.24) is 15.2 Å². The predicted molar refractivity (Wildman–Crippen MR) is 98.4 cm³/mol. The smallest absolute Gasteiger partial charge is 0.267 e. The van der Waals surface area contributed by atoms with Crippen LogP contribution in [0.15, 0.2) is 70.6 Å². The van der Waals surface area contributed by atoms with E-state index < -0.39 is 5.91 Å². The number of hydrogen-bond donors (Lipinski definition) is 1. The van der Waals surface area contributed by atoms with Crippen LogP contribution in [0.25, 0.3) is 16.8 Å². The van der Waals surface area contributed by atoms with Gasteiger partial charge in [0.1, 0.15) is 0 Å². The average Bonchev–Trinajstić information content (AvgIpc) is 2.65. The number of allylic oxidation sites excluding steroid dienone is 1. The summed E-state index contributed by atoms with van der Waals surface area (Å²) in [7, 11) is 1.51. The van der Waals surface area contributed by atoms with Gasteiger partial charge >= 0.3 is 0 Å². The van der Waals surface area contributed by atoms with E-state index in [0.29, 0.717) is 10.8 Å². The predicted octanol–water partition coefficient (Wildman–Crippen LogP) is 2.36. The van der Waals surface area contributed by atoms with Gasteiger partial charge in [0, 0.05) is 18.6 Å². The summed E-state index contributed by atoms with van der Waals surface area (Å²) in [6, 6.07) is 16.6. The van der Waals surface area contributed by atoms with E-state index in [2.05, 4.69) is 15.6 Å². The first-order valence-corrected chi connectivity index (χ1v) is 7.68. The maximum Gasteiger partial charge on any atom is 0.292 e. The summed E-state index contributed by atoms with van der Waals surface area (Å²) < 4.78 is 1.15. The molecule has 0 aliphatic rings. The highest BCUT2D eigenvalue weighted by Crippen LogP contribution is 2.12. The molecule has 6 nitrogen and oxygen atoms in total. The van der Waals surface area contributed by atoms with Crippen LogP contribution in [-0.2, 0) is 7.05 Å². The van der Waals surface area contributed by atoms with Gasteiger partial charge in [-0.2, -0.15) is 10.2 Å². The Morgan fingerprint density at radius 2 is 1.76 bits per heavy atom. The summed E-state index contributed by atoms with van der Waals surface area (Å²) in [6.07, 6.45) is 5.08. The fraction of sp³-hybridized carbons (Fsp3) is 0.0526. The third kappa shape index (κ3) is 3.69. The largest absolute Gasteiger partial charge is 0.292 e. The second kappa shape index (κ2) is 7.35. The standard InChI is InChI=1S/C19H16N4O2/c1-23-19(25)16-12-6-5-11-15(16)17(22-23)18(24)21-20-13-7-10-14-8-3-2-4-9-14/h2-13H,1H3,(H,21,24)/b10-7+,20-13+. The topological polar surface area (TPSA) is 76.3 Å². The molecule has 25 heavy (non-hydrogen) atoms. The molecule has 0 radical (unpaired) electrons. The van der Waals surface area contributed by atoms with Crippen LogP contribution in [0.1, 0.15) is 16.1 Å². The van der Waals surface area contributed by atoms with Crippen molar-refractivity contribution in [1.29, 1.82) is 0 Å². The number of carbonyl (C=O) groups excluding carboxylic acids is 1. The summed E-state index contributed by atoms with van der Waals surface area (Å²) >= 11 is 0. The van der Waals surface area contributed by atoms with Gasteiger partial charge in [0.2, 0.25) is 0 Å². The molecule has 1 N–H and O–H groups in total. The summed E-state index contributed by atoms with van der Waals surface area (Å²) in [5.74, 6) is -0.476.